The topological polar surface area (TPSA) is 56.7 Å². The van der Waals surface area contributed by atoms with Gasteiger partial charge in [0.25, 0.3) is 0 Å². The van der Waals surface area contributed by atoms with Crippen molar-refractivity contribution in [2.45, 2.75) is 0 Å². The third-order valence-electron chi connectivity index (χ3n) is 9.25. The van der Waals surface area contributed by atoms with Crippen molar-refractivity contribution >= 4 is 54.5 Å². The first-order chi connectivity index (χ1) is 23.8. The first-order valence-corrected chi connectivity index (χ1v) is 16.0. The van der Waals surface area contributed by atoms with Crippen molar-refractivity contribution in [3.8, 4) is 39.9 Å². The Balaban J connectivity index is 1.18. The molecule has 0 atom stereocenters. The van der Waals surface area contributed by atoms with Gasteiger partial charge in [0, 0.05) is 43.9 Å². The summed E-state index contributed by atoms with van der Waals surface area (Å²) in [5.74, 6) is 1.92. The first kappa shape index (κ1) is 26.6. The lowest BCUT2D eigenvalue weighted by atomic mass is 10.0. The minimum absolute atomic E-state index is 0.628. The maximum absolute atomic E-state index is 6.72. The normalized spacial score (nSPS) is 11.8. The minimum Gasteiger partial charge on any atom is -0.454 e. The van der Waals surface area contributed by atoms with Gasteiger partial charge in [0.1, 0.15) is 5.58 Å². The molecule has 7 aromatic carbocycles. The highest BCUT2D eigenvalue weighted by atomic mass is 16.3. The number of rotatable bonds is 4. The minimum atomic E-state index is 0.628. The Morgan fingerprint density at radius 2 is 0.979 bits per heavy atom. The molecule has 3 aromatic heterocycles. The van der Waals surface area contributed by atoms with E-state index in [1.165, 1.54) is 16.2 Å². The van der Waals surface area contributed by atoms with Gasteiger partial charge in [-0.25, -0.2) is 15.0 Å². The van der Waals surface area contributed by atoms with Gasteiger partial charge in [0.2, 0.25) is 0 Å². The summed E-state index contributed by atoms with van der Waals surface area (Å²) in [6, 6.07) is 54.4. The highest BCUT2D eigenvalue weighted by Gasteiger charge is 2.20. The van der Waals surface area contributed by atoms with E-state index in [1.54, 1.807) is 0 Å². The molecule has 0 fully saturated rings. The molecule has 10 aromatic rings. The molecule has 10 rings (SSSR count). The predicted molar refractivity (Wildman–Crippen MR) is 195 cm³/mol. The number of fused-ring (bicyclic) bond motifs is 9. The van der Waals surface area contributed by atoms with Crippen molar-refractivity contribution in [2.75, 3.05) is 0 Å². The molecule has 0 aliphatic heterocycles. The zero-order chi connectivity index (χ0) is 31.6. The van der Waals surface area contributed by atoms with Crippen LogP contribution in [0.3, 0.4) is 0 Å². The highest BCUT2D eigenvalue weighted by molar-refractivity contribution is 6.26. The molecule has 0 radical (unpaired) electrons. The van der Waals surface area contributed by atoms with E-state index in [9.17, 15) is 0 Å². The zero-order valence-corrected chi connectivity index (χ0v) is 25.7. The van der Waals surface area contributed by atoms with Gasteiger partial charge < -0.3 is 8.98 Å². The molecule has 0 amide bonds. The second-order valence-electron chi connectivity index (χ2n) is 12.0. The molecule has 0 bridgehead atoms. The van der Waals surface area contributed by atoms with Gasteiger partial charge in [0.05, 0.1) is 11.0 Å². The molecule has 224 valence electrons. The van der Waals surface area contributed by atoms with Crippen LogP contribution in [0, 0.1) is 0 Å². The highest BCUT2D eigenvalue weighted by Crippen LogP contribution is 2.42. The van der Waals surface area contributed by atoms with E-state index in [2.05, 4.69) is 102 Å². The smallest absolute Gasteiger partial charge is 0.164 e. The second kappa shape index (κ2) is 10.5. The van der Waals surface area contributed by atoms with E-state index in [0.29, 0.717) is 17.5 Å². The van der Waals surface area contributed by atoms with E-state index in [4.69, 9.17) is 19.4 Å². The van der Waals surface area contributed by atoms with Crippen LogP contribution in [0.1, 0.15) is 0 Å². The third-order valence-corrected chi connectivity index (χ3v) is 9.25. The van der Waals surface area contributed by atoms with Gasteiger partial charge >= 0.3 is 0 Å². The zero-order valence-electron chi connectivity index (χ0n) is 25.7. The number of hydrogen-bond donors (Lipinski definition) is 0. The standard InChI is InChI=1S/C43H26N4O/c1-3-12-28(13-4-1)41-44-42(29-14-5-2-6-15-29)46-43(45-41)30-19-22-31(23-20-30)47-36-18-10-9-17-33(36)34-24-25-35-38-32-16-8-7-11-27(32)21-26-37(38)48-40(35)39(34)47/h1-26H. The lowest BCUT2D eigenvalue weighted by Gasteiger charge is -2.11. The molecular weight excluding hydrogens is 589 g/mol. The average Bonchev–Trinajstić information content (AvgIpc) is 3.72. The van der Waals surface area contributed by atoms with E-state index in [1.807, 2.05) is 60.7 Å². The molecule has 0 aliphatic rings. The molecule has 0 N–H and O–H groups in total. The summed E-state index contributed by atoms with van der Waals surface area (Å²) in [5.41, 5.74) is 7.79. The second-order valence-corrected chi connectivity index (χ2v) is 12.0. The Hall–Kier alpha value is -6.59. The van der Waals surface area contributed by atoms with E-state index in [0.717, 1.165) is 60.7 Å². The molecule has 0 saturated carbocycles. The summed E-state index contributed by atoms with van der Waals surface area (Å²) >= 11 is 0. The van der Waals surface area contributed by atoms with Gasteiger partial charge in [-0.1, -0.05) is 115 Å². The Morgan fingerprint density at radius 1 is 0.417 bits per heavy atom. The van der Waals surface area contributed by atoms with Crippen molar-refractivity contribution < 1.29 is 4.42 Å². The van der Waals surface area contributed by atoms with Crippen LogP contribution in [0.5, 0.6) is 0 Å². The molecule has 3 heterocycles. The molecule has 0 saturated heterocycles. The number of aromatic nitrogens is 4. The SMILES string of the molecule is c1ccc(-c2nc(-c3ccccc3)nc(-c3ccc(-n4c5ccccc5c5ccc6c(oc7ccc8ccccc8c76)c54)cc3)n2)cc1. The van der Waals surface area contributed by atoms with Crippen LogP contribution < -0.4 is 0 Å². The van der Waals surface area contributed by atoms with Gasteiger partial charge in [0.15, 0.2) is 23.1 Å². The molecular formula is C43H26N4O. The molecule has 5 heteroatoms. The van der Waals surface area contributed by atoms with Crippen LogP contribution in [-0.4, -0.2) is 19.5 Å². The summed E-state index contributed by atoms with van der Waals surface area (Å²) in [6.07, 6.45) is 0. The van der Waals surface area contributed by atoms with Crippen LogP contribution >= 0.6 is 0 Å². The average molecular weight is 615 g/mol. The van der Waals surface area contributed by atoms with Gasteiger partial charge in [-0.05, 0) is 53.2 Å². The molecule has 0 aliphatic carbocycles. The number of furan rings is 1. The largest absolute Gasteiger partial charge is 0.454 e. The van der Waals surface area contributed by atoms with Crippen molar-refractivity contribution in [2.24, 2.45) is 0 Å². The van der Waals surface area contributed by atoms with Crippen LogP contribution in [0.4, 0.5) is 0 Å². The maximum Gasteiger partial charge on any atom is 0.164 e. The number of nitrogens with zero attached hydrogens (tertiary/aromatic N) is 4. The first-order valence-electron chi connectivity index (χ1n) is 16.0. The lowest BCUT2D eigenvalue weighted by Crippen LogP contribution is -2.00. The summed E-state index contributed by atoms with van der Waals surface area (Å²) in [7, 11) is 0. The Kier molecular flexibility index (Phi) is 5.81. The van der Waals surface area contributed by atoms with Crippen LogP contribution in [0.2, 0.25) is 0 Å². The van der Waals surface area contributed by atoms with Gasteiger partial charge in [-0.2, -0.15) is 0 Å². The fourth-order valence-corrected chi connectivity index (χ4v) is 7.02. The van der Waals surface area contributed by atoms with Crippen molar-refractivity contribution in [3.63, 3.8) is 0 Å². The van der Waals surface area contributed by atoms with Crippen LogP contribution in [-0.2, 0) is 0 Å². The Labute approximate surface area is 275 Å². The van der Waals surface area contributed by atoms with E-state index in [-0.39, 0.29) is 0 Å². The Morgan fingerprint density at radius 3 is 1.67 bits per heavy atom. The lowest BCUT2D eigenvalue weighted by molar-refractivity contribution is 0.671. The summed E-state index contributed by atoms with van der Waals surface area (Å²) in [6.45, 7) is 0. The van der Waals surface area contributed by atoms with Crippen molar-refractivity contribution in [1.29, 1.82) is 0 Å². The third kappa shape index (κ3) is 4.08. The summed E-state index contributed by atoms with van der Waals surface area (Å²) in [5, 5.41) is 7.00. The Bertz CT molecular complexity index is 2760. The van der Waals surface area contributed by atoms with Crippen LogP contribution in [0.15, 0.2) is 162 Å². The van der Waals surface area contributed by atoms with Gasteiger partial charge in [-0.15, -0.1) is 0 Å². The van der Waals surface area contributed by atoms with Crippen LogP contribution in [0.25, 0.3) is 94.4 Å². The quantitative estimate of drug-likeness (QED) is 0.198. The summed E-state index contributed by atoms with van der Waals surface area (Å²) < 4.78 is 9.04. The van der Waals surface area contributed by atoms with Crippen molar-refractivity contribution in [3.05, 3.63) is 158 Å². The molecule has 0 spiro atoms. The number of benzene rings is 7. The maximum atomic E-state index is 6.72. The summed E-state index contributed by atoms with van der Waals surface area (Å²) in [4.78, 5) is 14.7. The van der Waals surface area contributed by atoms with Crippen molar-refractivity contribution in [1.82, 2.24) is 19.5 Å². The predicted octanol–water partition coefficient (Wildman–Crippen LogP) is 11.0. The fourth-order valence-electron chi connectivity index (χ4n) is 7.02. The number of para-hydroxylation sites is 1. The van der Waals surface area contributed by atoms with Gasteiger partial charge in [-0.3, -0.25) is 0 Å². The van der Waals surface area contributed by atoms with E-state index < -0.39 is 0 Å². The van der Waals surface area contributed by atoms with E-state index >= 15 is 0 Å². The fraction of sp³-hybridized carbons (Fsp3) is 0. The monoisotopic (exact) mass is 614 g/mol. The molecule has 48 heavy (non-hydrogen) atoms. The number of hydrogen-bond acceptors (Lipinski definition) is 4. The molecule has 0 unspecified atom stereocenters. The molecule has 5 nitrogen and oxygen atoms in total.